The standard InChI is InChI=1S/C28H26O/c29-28(25-17-9-3-10-18-25,26-19-11-4-12-20-26)27(21-23-13-5-1-6-14-23)22-24-15-7-2-8-16-24/h1-20,27,29H,21-22H2. The summed E-state index contributed by atoms with van der Waals surface area (Å²) in [7, 11) is 0. The molecule has 0 aliphatic rings. The van der Waals surface area contributed by atoms with Crippen LogP contribution in [0.15, 0.2) is 121 Å². The maximum Gasteiger partial charge on any atom is 0.118 e. The van der Waals surface area contributed by atoms with Crippen molar-refractivity contribution in [1.82, 2.24) is 0 Å². The smallest absolute Gasteiger partial charge is 0.118 e. The van der Waals surface area contributed by atoms with Crippen LogP contribution >= 0.6 is 0 Å². The zero-order valence-corrected chi connectivity index (χ0v) is 16.5. The number of hydrogen-bond acceptors (Lipinski definition) is 1. The Bertz CT molecular complexity index is 914. The van der Waals surface area contributed by atoms with Crippen molar-refractivity contribution in [2.75, 3.05) is 0 Å². The number of benzene rings is 4. The second-order valence-electron chi connectivity index (χ2n) is 7.57. The summed E-state index contributed by atoms with van der Waals surface area (Å²) >= 11 is 0. The van der Waals surface area contributed by atoms with Gasteiger partial charge in [0.05, 0.1) is 0 Å². The lowest BCUT2D eigenvalue weighted by atomic mass is 9.71. The molecule has 0 atom stereocenters. The van der Waals surface area contributed by atoms with E-state index in [0.29, 0.717) is 0 Å². The number of hydrogen-bond donors (Lipinski definition) is 1. The molecule has 0 amide bonds. The summed E-state index contributed by atoms with van der Waals surface area (Å²) in [5.74, 6) is -0.0166. The lowest BCUT2D eigenvalue weighted by molar-refractivity contribution is 0.0158. The highest BCUT2D eigenvalue weighted by atomic mass is 16.3. The molecular weight excluding hydrogens is 352 g/mol. The molecule has 0 saturated carbocycles. The van der Waals surface area contributed by atoms with E-state index in [1.165, 1.54) is 11.1 Å². The number of aliphatic hydroxyl groups is 1. The minimum Gasteiger partial charge on any atom is -0.380 e. The van der Waals surface area contributed by atoms with Gasteiger partial charge in [-0.15, -0.1) is 0 Å². The Hall–Kier alpha value is -3.16. The summed E-state index contributed by atoms with van der Waals surface area (Å²) in [6.45, 7) is 0. The van der Waals surface area contributed by atoms with E-state index in [1.807, 2.05) is 72.8 Å². The van der Waals surface area contributed by atoms with Crippen molar-refractivity contribution in [2.24, 2.45) is 5.92 Å². The van der Waals surface area contributed by atoms with E-state index in [0.717, 1.165) is 24.0 Å². The lowest BCUT2D eigenvalue weighted by Crippen LogP contribution is -2.39. The van der Waals surface area contributed by atoms with E-state index >= 15 is 0 Å². The minimum absolute atomic E-state index is 0.0166. The van der Waals surface area contributed by atoms with Crippen LogP contribution in [0.4, 0.5) is 0 Å². The van der Waals surface area contributed by atoms with E-state index in [2.05, 4.69) is 48.5 Å². The van der Waals surface area contributed by atoms with Crippen LogP contribution in [0.3, 0.4) is 0 Å². The van der Waals surface area contributed by atoms with E-state index in [9.17, 15) is 5.11 Å². The van der Waals surface area contributed by atoms with Gasteiger partial charge < -0.3 is 5.11 Å². The molecular formula is C28H26O. The fourth-order valence-electron chi connectivity index (χ4n) is 4.19. The van der Waals surface area contributed by atoms with Crippen molar-refractivity contribution in [3.63, 3.8) is 0 Å². The molecule has 4 rings (SSSR count). The van der Waals surface area contributed by atoms with Gasteiger partial charge in [-0.05, 0) is 35.1 Å². The van der Waals surface area contributed by atoms with Crippen molar-refractivity contribution < 1.29 is 5.11 Å². The summed E-state index contributed by atoms with van der Waals surface area (Å²) in [6, 6.07) is 41.1. The molecule has 0 aliphatic heterocycles. The zero-order chi connectivity index (χ0) is 19.9. The van der Waals surface area contributed by atoms with Gasteiger partial charge in [0.15, 0.2) is 0 Å². The molecule has 0 fully saturated rings. The molecule has 144 valence electrons. The average molecular weight is 379 g/mol. The zero-order valence-electron chi connectivity index (χ0n) is 16.5. The normalized spacial score (nSPS) is 11.5. The van der Waals surface area contributed by atoms with Gasteiger partial charge >= 0.3 is 0 Å². The second kappa shape index (κ2) is 8.89. The Morgan fingerprint density at radius 2 is 0.793 bits per heavy atom. The fraction of sp³-hybridized carbons (Fsp3) is 0.143. The van der Waals surface area contributed by atoms with Crippen LogP contribution in [0.5, 0.6) is 0 Å². The van der Waals surface area contributed by atoms with Crippen LogP contribution in [0.2, 0.25) is 0 Å². The Balaban J connectivity index is 1.83. The Labute approximate surface area is 173 Å². The summed E-state index contributed by atoms with van der Waals surface area (Å²) in [5.41, 5.74) is 3.25. The van der Waals surface area contributed by atoms with Gasteiger partial charge in [-0.25, -0.2) is 0 Å². The Morgan fingerprint density at radius 1 is 0.483 bits per heavy atom. The molecule has 0 aliphatic carbocycles. The third-order valence-corrected chi connectivity index (χ3v) is 5.67. The van der Waals surface area contributed by atoms with Gasteiger partial charge in [0.1, 0.15) is 5.60 Å². The van der Waals surface area contributed by atoms with Gasteiger partial charge in [-0.1, -0.05) is 121 Å². The molecule has 1 nitrogen and oxygen atoms in total. The summed E-state index contributed by atoms with van der Waals surface area (Å²) in [4.78, 5) is 0. The van der Waals surface area contributed by atoms with Crippen LogP contribution in [0.1, 0.15) is 22.3 Å². The largest absolute Gasteiger partial charge is 0.380 e. The maximum absolute atomic E-state index is 12.3. The van der Waals surface area contributed by atoms with Crippen molar-refractivity contribution in [3.05, 3.63) is 144 Å². The first-order valence-electron chi connectivity index (χ1n) is 10.2. The van der Waals surface area contributed by atoms with Crippen molar-refractivity contribution in [3.8, 4) is 0 Å². The molecule has 1 N–H and O–H groups in total. The summed E-state index contributed by atoms with van der Waals surface area (Å²) in [5, 5.41) is 12.3. The van der Waals surface area contributed by atoms with Crippen molar-refractivity contribution in [1.29, 1.82) is 0 Å². The monoisotopic (exact) mass is 378 g/mol. The van der Waals surface area contributed by atoms with E-state index in [-0.39, 0.29) is 5.92 Å². The molecule has 0 radical (unpaired) electrons. The van der Waals surface area contributed by atoms with Crippen molar-refractivity contribution in [2.45, 2.75) is 18.4 Å². The van der Waals surface area contributed by atoms with Crippen LogP contribution in [-0.4, -0.2) is 5.11 Å². The predicted molar refractivity (Wildman–Crippen MR) is 120 cm³/mol. The third-order valence-electron chi connectivity index (χ3n) is 5.67. The minimum atomic E-state index is -1.09. The van der Waals surface area contributed by atoms with E-state index in [4.69, 9.17) is 0 Å². The predicted octanol–water partition coefficient (Wildman–Crippen LogP) is 6.02. The number of rotatable bonds is 7. The maximum atomic E-state index is 12.3. The topological polar surface area (TPSA) is 20.2 Å². The van der Waals surface area contributed by atoms with Gasteiger partial charge in [0, 0.05) is 5.92 Å². The first-order valence-corrected chi connectivity index (χ1v) is 10.2. The Morgan fingerprint density at radius 3 is 1.14 bits per heavy atom. The average Bonchev–Trinajstić information content (AvgIpc) is 2.81. The molecule has 0 unspecified atom stereocenters. The van der Waals surface area contributed by atoms with Crippen LogP contribution < -0.4 is 0 Å². The molecule has 4 aromatic rings. The SMILES string of the molecule is OC(c1ccccc1)(c1ccccc1)C(Cc1ccccc1)Cc1ccccc1. The first kappa shape index (κ1) is 19.2. The molecule has 29 heavy (non-hydrogen) atoms. The van der Waals surface area contributed by atoms with Crippen LogP contribution in [-0.2, 0) is 18.4 Å². The highest BCUT2D eigenvalue weighted by Crippen LogP contribution is 2.40. The van der Waals surface area contributed by atoms with Crippen LogP contribution in [0.25, 0.3) is 0 Å². The molecule has 1 heteroatoms. The Kier molecular flexibility index (Phi) is 5.88. The summed E-state index contributed by atoms with van der Waals surface area (Å²) in [6.07, 6.45) is 1.58. The quantitative estimate of drug-likeness (QED) is 0.417. The molecule has 0 bridgehead atoms. The highest BCUT2D eigenvalue weighted by molar-refractivity contribution is 5.38. The van der Waals surface area contributed by atoms with E-state index in [1.54, 1.807) is 0 Å². The summed E-state index contributed by atoms with van der Waals surface area (Å²) < 4.78 is 0. The first-order chi connectivity index (χ1) is 14.3. The molecule has 0 aromatic heterocycles. The second-order valence-corrected chi connectivity index (χ2v) is 7.57. The third kappa shape index (κ3) is 4.31. The van der Waals surface area contributed by atoms with Gasteiger partial charge in [0.2, 0.25) is 0 Å². The highest BCUT2D eigenvalue weighted by Gasteiger charge is 2.40. The van der Waals surface area contributed by atoms with E-state index < -0.39 is 5.60 Å². The van der Waals surface area contributed by atoms with Gasteiger partial charge in [-0.2, -0.15) is 0 Å². The fourth-order valence-corrected chi connectivity index (χ4v) is 4.19. The molecule has 0 spiro atoms. The lowest BCUT2D eigenvalue weighted by Gasteiger charge is -2.38. The van der Waals surface area contributed by atoms with Crippen LogP contribution in [0, 0.1) is 5.92 Å². The van der Waals surface area contributed by atoms with Gasteiger partial charge in [-0.3, -0.25) is 0 Å². The van der Waals surface area contributed by atoms with Gasteiger partial charge in [0.25, 0.3) is 0 Å². The van der Waals surface area contributed by atoms with Crippen molar-refractivity contribution >= 4 is 0 Å². The molecule has 4 aromatic carbocycles. The molecule has 0 heterocycles. The molecule has 0 saturated heterocycles.